The number of ether oxygens (including phenoxy) is 3. The van der Waals surface area contributed by atoms with Gasteiger partial charge in [-0.05, 0) is 73.2 Å². The minimum atomic E-state index is -0.600. The summed E-state index contributed by atoms with van der Waals surface area (Å²) in [5.41, 5.74) is 3.69. The molecule has 0 spiro atoms. The molecule has 7 nitrogen and oxygen atoms in total. The number of rotatable bonds is 8. The predicted octanol–water partition coefficient (Wildman–Crippen LogP) is 5.38. The highest BCUT2D eigenvalue weighted by molar-refractivity contribution is 6.32. The molecule has 3 rings (SSSR count). The Morgan fingerprint density at radius 1 is 1.00 bits per heavy atom. The molecule has 9 heteroatoms. The van der Waals surface area contributed by atoms with Crippen molar-refractivity contribution in [2.24, 2.45) is 5.10 Å². The number of amides is 1. The monoisotopic (exact) mass is 486 g/mol. The molecule has 0 atom stereocenters. The molecular weight excluding hydrogens is 467 g/mol. The Hall–Kier alpha value is -3.55. The van der Waals surface area contributed by atoms with Crippen LogP contribution in [0.3, 0.4) is 0 Å². The summed E-state index contributed by atoms with van der Waals surface area (Å²) in [5, 5.41) is 4.62. The van der Waals surface area contributed by atoms with Gasteiger partial charge < -0.3 is 14.2 Å². The normalized spacial score (nSPS) is 10.7. The second kappa shape index (κ2) is 11.4. The molecule has 0 aliphatic heterocycles. The molecular formula is C24H20Cl2N2O5. The van der Waals surface area contributed by atoms with Gasteiger partial charge in [-0.25, -0.2) is 10.2 Å². The maximum absolute atomic E-state index is 12.6. The number of esters is 1. The van der Waals surface area contributed by atoms with Crippen LogP contribution >= 0.6 is 23.2 Å². The second-order valence-electron chi connectivity index (χ2n) is 6.59. The van der Waals surface area contributed by atoms with Crippen molar-refractivity contribution in [2.75, 3.05) is 13.7 Å². The van der Waals surface area contributed by atoms with E-state index in [2.05, 4.69) is 10.5 Å². The third kappa shape index (κ3) is 6.47. The maximum atomic E-state index is 12.6. The second-order valence-corrected chi connectivity index (χ2v) is 7.43. The zero-order valence-electron chi connectivity index (χ0n) is 17.8. The summed E-state index contributed by atoms with van der Waals surface area (Å²) in [7, 11) is 1.54. The van der Waals surface area contributed by atoms with Gasteiger partial charge in [0, 0.05) is 10.6 Å². The molecule has 0 bridgehead atoms. The quantitative estimate of drug-likeness (QED) is 0.200. The Balaban J connectivity index is 1.75. The van der Waals surface area contributed by atoms with Crippen LogP contribution in [-0.2, 0) is 0 Å². The summed E-state index contributed by atoms with van der Waals surface area (Å²) in [6.45, 7) is 2.10. The number of carbonyl (C=O) groups excluding carboxylic acids is 2. The summed E-state index contributed by atoms with van der Waals surface area (Å²) in [6, 6.07) is 16.0. The maximum Gasteiger partial charge on any atom is 0.343 e. The van der Waals surface area contributed by atoms with E-state index in [1.165, 1.54) is 13.3 Å². The molecule has 0 radical (unpaired) electrons. The van der Waals surface area contributed by atoms with Crippen LogP contribution in [0, 0.1) is 0 Å². The molecule has 0 fully saturated rings. The fourth-order valence-electron chi connectivity index (χ4n) is 2.73. The van der Waals surface area contributed by atoms with Gasteiger partial charge in [0.15, 0.2) is 11.5 Å². The highest BCUT2D eigenvalue weighted by Gasteiger charge is 2.17. The number of hydrogen-bond donors (Lipinski definition) is 1. The number of benzene rings is 3. The highest BCUT2D eigenvalue weighted by Crippen LogP contribution is 2.37. The fraction of sp³-hybridized carbons (Fsp3) is 0.125. The van der Waals surface area contributed by atoms with Gasteiger partial charge in [-0.2, -0.15) is 5.10 Å². The first kappa shape index (κ1) is 24.1. The van der Waals surface area contributed by atoms with Crippen LogP contribution in [0.2, 0.25) is 10.0 Å². The fourth-order valence-corrected chi connectivity index (χ4v) is 3.12. The lowest BCUT2D eigenvalue weighted by Crippen LogP contribution is -2.17. The Bertz CT molecular complexity index is 1160. The van der Waals surface area contributed by atoms with Gasteiger partial charge in [0.25, 0.3) is 5.91 Å². The number of carbonyl (C=O) groups is 2. The van der Waals surface area contributed by atoms with Crippen molar-refractivity contribution < 1.29 is 23.8 Å². The lowest BCUT2D eigenvalue weighted by molar-refractivity contribution is 0.0728. The van der Waals surface area contributed by atoms with Gasteiger partial charge in [-0.15, -0.1) is 0 Å². The van der Waals surface area contributed by atoms with Gasteiger partial charge >= 0.3 is 5.97 Å². The molecule has 0 saturated heterocycles. The average Bonchev–Trinajstić information content (AvgIpc) is 2.81. The number of nitrogens with zero attached hydrogens (tertiary/aromatic N) is 1. The number of nitrogens with one attached hydrogen (secondary N) is 1. The van der Waals surface area contributed by atoms with Gasteiger partial charge in [0.1, 0.15) is 5.75 Å². The number of methoxy groups -OCH3 is 1. The van der Waals surface area contributed by atoms with E-state index >= 15 is 0 Å². The van der Waals surface area contributed by atoms with Crippen LogP contribution in [0.15, 0.2) is 65.8 Å². The molecule has 1 N–H and O–H groups in total. The Labute approximate surface area is 200 Å². The van der Waals surface area contributed by atoms with Crippen LogP contribution in [0.5, 0.6) is 17.2 Å². The number of hydrogen-bond acceptors (Lipinski definition) is 6. The Kier molecular flexibility index (Phi) is 8.29. The zero-order valence-corrected chi connectivity index (χ0v) is 19.3. The smallest absolute Gasteiger partial charge is 0.343 e. The Morgan fingerprint density at radius 2 is 1.67 bits per heavy atom. The van der Waals surface area contributed by atoms with Crippen LogP contribution in [-0.4, -0.2) is 31.8 Å². The van der Waals surface area contributed by atoms with E-state index in [-0.39, 0.29) is 16.5 Å². The van der Waals surface area contributed by atoms with Gasteiger partial charge in [0.2, 0.25) is 0 Å². The molecule has 0 saturated carbocycles. The van der Waals surface area contributed by atoms with Crippen molar-refractivity contribution in [3.8, 4) is 17.2 Å². The largest absolute Gasteiger partial charge is 0.497 e. The summed E-state index contributed by atoms with van der Waals surface area (Å²) in [6.07, 6.45) is 1.40. The zero-order chi connectivity index (χ0) is 23.8. The SMILES string of the molecule is CCOc1cc(/C=N/NC(=O)c2ccc(Cl)cc2)cc(Cl)c1OC(=O)c1ccc(OC)cc1. The van der Waals surface area contributed by atoms with Crippen LogP contribution in [0.1, 0.15) is 33.2 Å². The minimum Gasteiger partial charge on any atom is -0.497 e. The van der Waals surface area contributed by atoms with E-state index in [1.807, 2.05) is 0 Å². The van der Waals surface area contributed by atoms with Crippen LogP contribution in [0.4, 0.5) is 0 Å². The summed E-state index contributed by atoms with van der Waals surface area (Å²) < 4.78 is 16.2. The van der Waals surface area contributed by atoms with Crippen LogP contribution < -0.4 is 19.6 Å². The molecule has 1 amide bonds. The molecule has 3 aromatic rings. The average molecular weight is 487 g/mol. The van der Waals surface area contributed by atoms with Gasteiger partial charge in [-0.1, -0.05) is 23.2 Å². The molecule has 0 unspecified atom stereocenters. The van der Waals surface area contributed by atoms with E-state index in [0.29, 0.717) is 34.1 Å². The van der Waals surface area contributed by atoms with E-state index in [9.17, 15) is 9.59 Å². The Morgan fingerprint density at radius 3 is 2.30 bits per heavy atom. The van der Waals surface area contributed by atoms with Crippen molar-refractivity contribution in [3.05, 3.63) is 87.4 Å². The lowest BCUT2D eigenvalue weighted by Gasteiger charge is -2.13. The molecule has 0 aliphatic carbocycles. The van der Waals surface area contributed by atoms with E-state index < -0.39 is 11.9 Å². The van der Waals surface area contributed by atoms with Crippen molar-refractivity contribution in [3.63, 3.8) is 0 Å². The molecule has 170 valence electrons. The number of hydrazone groups is 1. The first-order valence-electron chi connectivity index (χ1n) is 9.82. The van der Waals surface area contributed by atoms with Crippen LogP contribution in [0.25, 0.3) is 0 Å². The standard InChI is InChI=1S/C24H20Cl2N2O5/c1-3-32-21-13-15(14-27-28-23(29)16-4-8-18(25)9-5-16)12-20(26)22(21)33-24(30)17-6-10-19(31-2)11-7-17/h4-14H,3H2,1-2H3,(H,28,29)/b27-14+. The predicted molar refractivity (Wildman–Crippen MR) is 127 cm³/mol. The van der Waals surface area contributed by atoms with E-state index in [0.717, 1.165) is 0 Å². The molecule has 33 heavy (non-hydrogen) atoms. The summed E-state index contributed by atoms with van der Waals surface area (Å²) in [4.78, 5) is 24.7. The third-order valence-electron chi connectivity index (χ3n) is 4.34. The van der Waals surface area contributed by atoms with E-state index in [4.69, 9.17) is 37.4 Å². The molecule has 0 aromatic heterocycles. The van der Waals surface area contributed by atoms with Gasteiger partial charge in [-0.3, -0.25) is 4.79 Å². The number of halogens is 2. The first-order valence-corrected chi connectivity index (χ1v) is 10.6. The highest BCUT2D eigenvalue weighted by atomic mass is 35.5. The summed E-state index contributed by atoms with van der Waals surface area (Å²) >= 11 is 12.2. The summed E-state index contributed by atoms with van der Waals surface area (Å²) in [5.74, 6) is -0.0355. The lowest BCUT2D eigenvalue weighted by atomic mass is 10.2. The minimum absolute atomic E-state index is 0.0849. The van der Waals surface area contributed by atoms with Crippen molar-refractivity contribution in [1.82, 2.24) is 5.43 Å². The molecule has 3 aromatic carbocycles. The molecule has 0 aliphatic rings. The van der Waals surface area contributed by atoms with Crippen molar-refractivity contribution >= 4 is 41.3 Å². The van der Waals surface area contributed by atoms with E-state index in [1.54, 1.807) is 67.6 Å². The third-order valence-corrected chi connectivity index (χ3v) is 4.87. The molecule has 0 heterocycles. The van der Waals surface area contributed by atoms with Gasteiger partial charge in [0.05, 0.1) is 30.5 Å². The van der Waals surface area contributed by atoms with Crippen molar-refractivity contribution in [2.45, 2.75) is 6.92 Å². The van der Waals surface area contributed by atoms with Crippen molar-refractivity contribution in [1.29, 1.82) is 0 Å². The topological polar surface area (TPSA) is 86.2 Å². The first-order chi connectivity index (χ1) is 15.9.